The highest BCUT2D eigenvalue weighted by atomic mass is 35.5. The van der Waals surface area contributed by atoms with E-state index in [0.29, 0.717) is 20.5 Å². The maximum atomic E-state index is 12.7. The maximum absolute atomic E-state index is 12.7. The van der Waals surface area contributed by atoms with Crippen LogP contribution in [-0.4, -0.2) is 28.3 Å². The molecule has 1 aromatic carbocycles. The molecule has 4 aromatic rings. The van der Waals surface area contributed by atoms with Gasteiger partial charge in [0, 0.05) is 15.3 Å². The number of carbonyl (C=O) groups excluding carboxylic acids is 2. The van der Waals surface area contributed by atoms with E-state index in [4.69, 9.17) is 16.3 Å². The van der Waals surface area contributed by atoms with Gasteiger partial charge in [-0.3, -0.25) is 4.79 Å². The summed E-state index contributed by atoms with van der Waals surface area (Å²) in [7, 11) is 0. The van der Waals surface area contributed by atoms with Crippen molar-refractivity contribution >= 4 is 61.4 Å². The monoisotopic (exact) mass is 510 g/mol. The molecule has 34 heavy (non-hydrogen) atoms. The van der Waals surface area contributed by atoms with Gasteiger partial charge in [0.25, 0.3) is 5.91 Å². The van der Waals surface area contributed by atoms with E-state index in [2.05, 4.69) is 16.5 Å². The molecule has 1 aliphatic carbocycles. The summed E-state index contributed by atoms with van der Waals surface area (Å²) in [6, 6.07) is 11.2. The molecule has 3 heterocycles. The van der Waals surface area contributed by atoms with Crippen LogP contribution in [0.1, 0.15) is 44.2 Å². The number of aryl methyl sites for hydroxylation is 2. The molecular weight excluding hydrogens is 492 g/mol. The number of carbonyl (C=O) groups is 2. The second-order valence-corrected chi connectivity index (χ2v) is 10.5. The Labute approximate surface area is 208 Å². The molecule has 0 spiro atoms. The molecule has 0 bridgehead atoms. The van der Waals surface area contributed by atoms with Crippen LogP contribution in [0.4, 0.5) is 5.00 Å². The van der Waals surface area contributed by atoms with Crippen LogP contribution in [0.3, 0.4) is 0 Å². The number of hydrogen-bond donors (Lipinski definition) is 1. The molecule has 0 atom stereocenters. The molecule has 0 unspecified atom stereocenters. The molecule has 0 saturated heterocycles. The summed E-state index contributed by atoms with van der Waals surface area (Å²) < 4.78 is 7.01. The Balaban J connectivity index is 1.29. The Morgan fingerprint density at radius 1 is 1.26 bits per heavy atom. The third-order valence-electron chi connectivity index (χ3n) is 5.67. The summed E-state index contributed by atoms with van der Waals surface area (Å²) in [5.41, 5.74) is 3.14. The number of fused-ring (bicyclic) bond motifs is 2. The van der Waals surface area contributed by atoms with Crippen molar-refractivity contribution in [3.05, 3.63) is 61.9 Å². The van der Waals surface area contributed by atoms with Gasteiger partial charge in [0.1, 0.15) is 20.8 Å². The lowest BCUT2D eigenvalue weighted by Gasteiger charge is -2.09. The van der Waals surface area contributed by atoms with Crippen LogP contribution in [-0.2, 0) is 22.4 Å². The van der Waals surface area contributed by atoms with Crippen LogP contribution in [0.25, 0.3) is 15.9 Å². The number of ether oxygens (including phenoxy) is 1. The average molecular weight is 511 g/mol. The Kier molecular flexibility index (Phi) is 6.13. The number of aromatic nitrogens is 2. The van der Waals surface area contributed by atoms with Gasteiger partial charge in [-0.15, -0.1) is 22.7 Å². The normalized spacial score (nSPS) is 12.9. The van der Waals surface area contributed by atoms with Crippen molar-refractivity contribution in [3.8, 4) is 11.8 Å². The average Bonchev–Trinajstić information content (AvgIpc) is 3.50. The fraction of sp³-hybridized carbons (Fsp3) is 0.250. The predicted octanol–water partition coefficient (Wildman–Crippen LogP) is 5.66. The lowest BCUT2D eigenvalue weighted by Crippen LogP contribution is -2.20. The van der Waals surface area contributed by atoms with Gasteiger partial charge in [-0.05, 0) is 62.4 Å². The molecule has 10 heteroatoms. The van der Waals surface area contributed by atoms with E-state index < -0.39 is 18.5 Å². The SMILES string of the molecule is Cc1nn(-c2cccc(Cl)c2)c2sc(C(=O)OCC(=O)Nc3sc4c(c3C#N)CCCC4)cc12. The minimum atomic E-state index is -0.584. The number of rotatable bonds is 5. The van der Waals surface area contributed by atoms with Crippen LogP contribution in [0.15, 0.2) is 30.3 Å². The molecule has 0 radical (unpaired) electrons. The summed E-state index contributed by atoms with van der Waals surface area (Å²) in [6.07, 6.45) is 3.93. The van der Waals surface area contributed by atoms with Crippen molar-refractivity contribution in [3.63, 3.8) is 0 Å². The van der Waals surface area contributed by atoms with Gasteiger partial charge in [-0.1, -0.05) is 17.7 Å². The van der Waals surface area contributed by atoms with Crippen LogP contribution < -0.4 is 5.32 Å². The van der Waals surface area contributed by atoms with Crippen LogP contribution in [0.2, 0.25) is 5.02 Å². The molecule has 1 aliphatic rings. The highest BCUT2D eigenvalue weighted by Crippen LogP contribution is 2.37. The molecule has 5 rings (SSSR count). The number of nitrogens with one attached hydrogen (secondary N) is 1. The molecule has 7 nitrogen and oxygen atoms in total. The number of thiophene rings is 2. The zero-order valence-electron chi connectivity index (χ0n) is 18.2. The zero-order chi connectivity index (χ0) is 23.8. The molecule has 1 N–H and O–H groups in total. The molecular formula is C24H19ClN4O3S2. The Hall–Kier alpha value is -3.19. The van der Waals surface area contributed by atoms with Crippen molar-refractivity contribution in [2.24, 2.45) is 0 Å². The quantitative estimate of drug-likeness (QED) is 0.349. The summed E-state index contributed by atoms with van der Waals surface area (Å²) >= 11 is 8.80. The lowest BCUT2D eigenvalue weighted by molar-refractivity contribution is -0.119. The molecule has 0 fully saturated rings. The first-order valence-electron chi connectivity index (χ1n) is 10.7. The Bertz CT molecular complexity index is 1480. The van der Waals surface area contributed by atoms with Crippen LogP contribution >= 0.6 is 34.3 Å². The number of esters is 1. The van der Waals surface area contributed by atoms with E-state index in [1.807, 2.05) is 19.1 Å². The van der Waals surface area contributed by atoms with Gasteiger partial charge in [0.05, 0.1) is 16.9 Å². The van der Waals surface area contributed by atoms with Crippen molar-refractivity contribution in [2.45, 2.75) is 32.6 Å². The minimum Gasteiger partial charge on any atom is -0.451 e. The van der Waals surface area contributed by atoms with Crippen molar-refractivity contribution < 1.29 is 14.3 Å². The second kappa shape index (κ2) is 9.22. The number of hydrogen-bond acceptors (Lipinski definition) is 7. The van der Waals surface area contributed by atoms with E-state index in [9.17, 15) is 14.9 Å². The third-order valence-corrected chi connectivity index (χ3v) is 8.20. The van der Waals surface area contributed by atoms with Crippen molar-refractivity contribution in [1.29, 1.82) is 5.26 Å². The van der Waals surface area contributed by atoms with Crippen LogP contribution in [0, 0.1) is 18.3 Å². The first-order chi connectivity index (χ1) is 16.4. The smallest absolute Gasteiger partial charge is 0.348 e. The molecule has 3 aromatic heterocycles. The van der Waals surface area contributed by atoms with E-state index in [-0.39, 0.29) is 0 Å². The number of nitrogens with zero attached hydrogens (tertiary/aromatic N) is 3. The Morgan fingerprint density at radius 3 is 2.88 bits per heavy atom. The van der Waals surface area contributed by atoms with Gasteiger partial charge in [0.15, 0.2) is 6.61 Å². The van der Waals surface area contributed by atoms with E-state index in [1.165, 1.54) is 22.7 Å². The summed E-state index contributed by atoms with van der Waals surface area (Å²) in [4.78, 5) is 27.5. The zero-order valence-corrected chi connectivity index (χ0v) is 20.6. The van der Waals surface area contributed by atoms with Gasteiger partial charge >= 0.3 is 5.97 Å². The summed E-state index contributed by atoms with van der Waals surface area (Å²) in [5, 5.41) is 18.8. The fourth-order valence-corrected chi connectivity index (χ4v) is 6.58. The number of halogens is 1. The molecule has 0 saturated carbocycles. The first kappa shape index (κ1) is 22.6. The molecule has 1 amide bonds. The number of nitriles is 1. The second-order valence-electron chi connectivity index (χ2n) is 7.96. The molecule has 172 valence electrons. The highest BCUT2D eigenvalue weighted by Gasteiger charge is 2.23. The Morgan fingerprint density at radius 2 is 2.09 bits per heavy atom. The predicted molar refractivity (Wildman–Crippen MR) is 133 cm³/mol. The largest absolute Gasteiger partial charge is 0.451 e. The topological polar surface area (TPSA) is 97.0 Å². The van der Waals surface area contributed by atoms with E-state index >= 15 is 0 Å². The number of benzene rings is 1. The van der Waals surface area contributed by atoms with Crippen LogP contribution in [0.5, 0.6) is 0 Å². The first-order valence-corrected chi connectivity index (χ1v) is 12.7. The van der Waals surface area contributed by atoms with Gasteiger partial charge < -0.3 is 10.1 Å². The summed E-state index contributed by atoms with van der Waals surface area (Å²) in [5.74, 6) is -1.05. The van der Waals surface area contributed by atoms with Crippen molar-refractivity contribution in [1.82, 2.24) is 9.78 Å². The van der Waals surface area contributed by atoms with Crippen molar-refractivity contribution in [2.75, 3.05) is 11.9 Å². The fourth-order valence-electron chi connectivity index (χ4n) is 4.07. The lowest BCUT2D eigenvalue weighted by atomic mass is 9.96. The minimum absolute atomic E-state index is 0.378. The maximum Gasteiger partial charge on any atom is 0.348 e. The van der Waals surface area contributed by atoms with Gasteiger partial charge in [-0.25, -0.2) is 9.48 Å². The van der Waals surface area contributed by atoms with E-state index in [0.717, 1.165) is 57.7 Å². The highest BCUT2D eigenvalue weighted by molar-refractivity contribution is 7.20. The van der Waals surface area contributed by atoms with Gasteiger partial charge in [-0.2, -0.15) is 10.4 Å². The number of anilines is 1. The molecule has 0 aliphatic heterocycles. The third kappa shape index (κ3) is 4.20. The van der Waals surface area contributed by atoms with Gasteiger partial charge in [0.2, 0.25) is 0 Å². The number of amides is 1. The van der Waals surface area contributed by atoms with E-state index in [1.54, 1.807) is 22.9 Å². The summed E-state index contributed by atoms with van der Waals surface area (Å²) in [6.45, 7) is 1.44. The standard InChI is InChI=1S/C24H19ClN4O3S2/c1-13-17-10-20(34-23(17)29(28-13)15-6-4-5-14(25)9-15)24(31)32-12-21(30)27-22-18(11-26)16-7-2-3-8-19(16)33-22/h4-6,9-10H,2-3,7-8,12H2,1H3,(H,27,30).